The van der Waals surface area contributed by atoms with Gasteiger partial charge in [0.05, 0.1) is 0 Å². The summed E-state index contributed by atoms with van der Waals surface area (Å²) < 4.78 is 0. The van der Waals surface area contributed by atoms with Gasteiger partial charge in [-0.1, -0.05) is 0 Å². The van der Waals surface area contributed by atoms with Crippen LogP contribution in [0.4, 0.5) is 11.6 Å². The third kappa shape index (κ3) is 3.99. The highest BCUT2D eigenvalue weighted by atomic mass is 32.1. The van der Waals surface area contributed by atoms with E-state index in [-0.39, 0.29) is 0 Å². The van der Waals surface area contributed by atoms with Crippen molar-refractivity contribution in [3.05, 3.63) is 46.8 Å². The molecule has 0 aliphatic rings. The average molecular weight is 286 g/mol. The molecule has 0 radical (unpaired) electrons. The molecule has 2 rings (SSSR count). The lowest BCUT2D eigenvalue weighted by atomic mass is 10.2. The van der Waals surface area contributed by atoms with E-state index < -0.39 is 0 Å². The SMILES string of the molecule is Cc1cc(C)nc(NC(=S)Nc2cc(C)cc(C)n2)c1. The van der Waals surface area contributed by atoms with Crippen LogP contribution < -0.4 is 10.6 Å². The number of pyridine rings is 2. The van der Waals surface area contributed by atoms with E-state index in [9.17, 15) is 0 Å². The van der Waals surface area contributed by atoms with Crippen LogP contribution >= 0.6 is 12.2 Å². The van der Waals surface area contributed by atoms with Crippen LogP contribution in [0.15, 0.2) is 24.3 Å². The Morgan fingerprint density at radius 3 is 1.55 bits per heavy atom. The molecule has 4 nitrogen and oxygen atoms in total. The van der Waals surface area contributed by atoms with Gasteiger partial charge in [0.25, 0.3) is 0 Å². The van der Waals surface area contributed by atoms with Crippen LogP contribution in [-0.4, -0.2) is 15.1 Å². The molecular formula is C15H18N4S. The maximum Gasteiger partial charge on any atom is 0.177 e. The number of rotatable bonds is 2. The fraction of sp³-hybridized carbons (Fsp3) is 0.267. The van der Waals surface area contributed by atoms with Crippen molar-refractivity contribution < 1.29 is 0 Å². The van der Waals surface area contributed by atoms with Gasteiger partial charge in [0.1, 0.15) is 11.6 Å². The topological polar surface area (TPSA) is 49.8 Å². The van der Waals surface area contributed by atoms with Gasteiger partial charge in [-0.2, -0.15) is 0 Å². The molecule has 0 aliphatic carbocycles. The molecule has 0 saturated heterocycles. The van der Waals surface area contributed by atoms with E-state index in [0.717, 1.165) is 34.2 Å². The fourth-order valence-electron chi connectivity index (χ4n) is 2.07. The number of anilines is 2. The first-order valence-electron chi connectivity index (χ1n) is 6.41. The maximum absolute atomic E-state index is 5.29. The summed E-state index contributed by atoms with van der Waals surface area (Å²) >= 11 is 5.29. The van der Waals surface area contributed by atoms with Gasteiger partial charge in [-0.3, -0.25) is 0 Å². The maximum atomic E-state index is 5.29. The minimum absolute atomic E-state index is 0.486. The fourth-order valence-corrected chi connectivity index (χ4v) is 2.28. The summed E-state index contributed by atoms with van der Waals surface area (Å²) in [6.45, 7) is 7.98. The Morgan fingerprint density at radius 1 is 0.800 bits per heavy atom. The molecule has 2 heterocycles. The second-order valence-electron chi connectivity index (χ2n) is 4.92. The summed E-state index contributed by atoms with van der Waals surface area (Å²) in [7, 11) is 0. The predicted molar refractivity (Wildman–Crippen MR) is 87.3 cm³/mol. The second-order valence-corrected chi connectivity index (χ2v) is 5.33. The van der Waals surface area contributed by atoms with Gasteiger partial charge >= 0.3 is 0 Å². The van der Waals surface area contributed by atoms with E-state index in [4.69, 9.17) is 12.2 Å². The van der Waals surface area contributed by atoms with Crippen molar-refractivity contribution in [3.63, 3.8) is 0 Å². The molecule has 0 unspecified atom stereocenters. The molecule has 0 amide bonds. The number of nitrogens with one attached hydrogen (secondary N) is 2. The highest BCUT2D eigenvalue weighted by molar-refractivity contribution is 7.80. The lowest BCUT2D eigenvalue weighted by molar-refractivity contribution is 1.17. The first-order chi connectivity index (χ1) is 9.42. The van der Waals surface area contributed by atoms with E-state index in [1.54, 1.807) is 0 Å². The van der Waals surface area contributed by atoms with Crippen LogP contribution in [-0.2, 0) is 0 Å². The normalized spacial score (nSPS) is 10.2. The molecule has 104 valence electrons. The third-order valence-corrected chi connectivity index (χ3v) is 2.88. The molecule has 0 saturated carbocycles. The minimum Gasteiger partial charge on any atom is -0.317 e. The molecule has 0 atom stereocenters. The first-order valence-corrected chi connectivity index (χ1v) is 6.82. The van der Waals surface area contributed by atoms with Gasteiger partial charge in [0.15, 0.2) is 5.11 Å². The van der Waals surface area contributed by atoms with E-state index in [1.165, 1.54) is 0 Å². The smallest absolute Gasteiger partial charge is 0.177 e. The second kappa shape index (κ2) is 5.96. The number of hydrogen-bond acceptors (Lipinski definition) is 3. The number of aryl methyl sites for hydroxylation is 4. The zero-order valence-electron chi connectivity index (χ0n) is 12.1. The number of nitrogens with zero attached hydrogens (tertiary/aromatic N) is 2. The van der Waals surface area contributed by atoms with E-state index >= 15 is 0 Å². The number of aromatic nitrogens is 2. The average Bonchev–Trinajstić information content (AvgIpc) is 2.24. The summed E-state index contributed by atoms with van der Waals surface area (Å²) in [6.07, 6.45) is 0. The number of thiocarbonyl (C=S) groups is 1. The summed E-state index contributed by atoms with van der Waals surface area (Å²) in [4.78, 5) is 8.78. The highest BCUT2D eigenvalue weighted by Gasteiger charge is 2.03. The van der Waals surface area contributed by atoms with E-state index in [1.807, 2.05) is 52.0 Å². The van der Waals surface area contributed by atoms with Gasteiger partial charge in [-0.05, 0) is 75.3 Å². The molecule has 0 fully saturated rings. The zero-order valence-corrected chi connectivity index (χ0v) is 12.9. The van der Waals surface area contributed by atoms with Gasteiger partial charge in [0, 0.05) is 11.4 Å². The summed E-state index contributed by atoms with van der Waals surface area (Å²) in [6, 6.07) is 7.95. The quantitative estimate of drug-likeness (QED) is 0.827. The molecule has 20 heavy (non-hydrogen) atoms. The van der Waals surface area contributed by atoms with Gasteiger partial charge in [0.2, 0.25) is 0 Å². The molecule has 0 aromatic carbocycles. The molecule has 0 spiro atoms. The van der Waals surface area contributed by atoms with Crippen molar-refractivity contribution in [1.82, 2.24) is 9.97 Å². The molecular weight excluding hydrogens is 268 g/mol. The Hall–Kier alpha value is -2.01. The molecule has 0 bridgehead atoms. The van der Waals surface area contributed by atoms with Crippen molar-refractivity contribution in [2.75, 3.05) is 10.6 Å². The standard InChI is InChI=1S/C15H18N4S/c1-9-5-11(3)16-13(7-9)18-15(20)19-14-8-10(2)6-12(4)17-14/h5-8H,1-4H3,(H2,16,17,18,19,20). The Balaban J connectivity index is 2.08. The molecule has 2 aromatic rings. The van der Waals surface area contributed by atoms with Crippen molar-refractivity contribution in [1.29, 1.82) is 0 Å². The van der Waals surface area contributed by atoms with Crippen LogP contribution in [0.25, 0.3) is 0 Å². The van der Waals surface area contributed by atoms with Crippen LogP contribution in [0.2, 0.25) is 0 Å². The van der Waals surface area contributed by atoms with Crippen molar-refractivity contribution >= 4 is 29.0 Å². The van der Waals surface area contributed by atoms with Crippen LogP contribution in [0.3, 0.4) is 0 Å². The van der Waals surface area contributed by atoms with Crippen molar-refractivity contribution in [2.45, 2.75) is 27.7 Å². The highest BCUT2D eigenvalue weighted by Crippen LogP contribution is 2.12. The monoisotopic (exact) mass is 286 g/mol. The van der Waals surface area contributed by atoms with Crippen LogP contribution in [0.5, 0.6) is 0 Å². The number of hydrogen-bond donors (Lipinski definition) is 2. The largest absolute Gasteiger partial charge is 0.317 e. The van der Waals surface area contributed by atoms with Crippen molar-refractivity contribution in [2.24, 2.45) is 0 Å². The van der Waals surface area contributed by atoms with Crippen LogP contribution in [0.1, 0.15) is 22.5 Å². The van der Waals surface area contributed by atoms with Gasteiger partial charge < -0.3 is 10.6 Å². The summed E-state index contributed by atoms with van der Waals surface area (Å²) in [5.74, 6) is 1.48. The lowest BCUT2D eigenvalue weighted by Gasteiger charge is -2.11. The van der Waals surface area contributed by atoms with Gasteiger partial charge in [-0.15, -0.1) is 0 Å². The van der Waals surface area contributed by atoms with E-state index in [2.05, 4.69) is 20.6 Å². The Kier molecular flexibility index (Phi) is 4.29. The molecule has 0 aliphatic heterocycles. The Labute approximate surface area is 124 Å². The molecule has 5 heteroatoms. The first kappa shape index (κ1) is 14.4. The zero-order chi connectivity index (χ0) is 14.7. The Morgan fingerprint density at radius 2 is 1.20 bits per heavy atom. The molecule has 2 aromatic heterocycles. The Bertz CT molecular complexity index is 556. The minimum atomic E-state index is 0.486. The van der Waals surface area contributed by atoms with Crippen molar-refractivity contribution in [3.8, 4) is 0 Å². The third-order valence-electron chi connectivity index (χ3n) is 2.68. The van der Waals surface area contributed by atoms with E-state index in [0.29, 0.717) is 5.11 Å². The summed E-state index contributed by atoms with van der Waals surface area (Å²) in [5.41, 5.74) is 4.21. The van der Waals surface area contributed by atoms with Crippen LogP contribution in [0, 0.1) is 27.7 Å². The predicted octanol–water partition coefficient (Wildman–Crippen LogP) is 3.52. The lowest BCUT2D eigenvalue weighted by Crippen LogP contribution is -2.20. The summed E-state index contributed by atoms with van der Waals surface area (Å²) in [5, 5.41) is 6.65. The molecule has 2 N–H and O–H groups in total. The van der Waals surface area contributed by atoms with Gasteiger partial charge in [-0.25, -0.2) is 9.97 Å².